The van der Waals surface area contributed by atoms with Crippen molar-refractivity contribution in [3.8, 4) is 11.5 Å². The van der Waals surface area contributed by atoms with Crippen LogP contribution in [-0.2, 0) is 16.0 Å². The molecular formula is C15H18O5. The van der Waals surface area contributed by atoms with Crippen molar-refractivity contribution in [2.24, 2.45) is 0 Å². The summed E-state index contributed by atoms with van der Waals surface area (Å²) < 4.78 is 4.61. The number of hydrogen-bond donors (Lipinski definition) is 2. The van der Waals surface area contributed by atoms with E-state index in [1.165, 1.54) is 19.1 Å². The van der Waals surface area contributed by atoms with Crippen LogP contribution in [0, 0.1) is 0 Å². The highest BCUT2D eigenvalue weighted by Crippen LogP contribution is 2.31. The normalized spacial score (nSPS) is 9.95. The van der Waals surface area contributed by atoms with Crippen LogP contribution in [0.3, 0.4) is 0 Å². The number of phenols is 2. The van der Waals surface area contributed by atoms with E-state index >= 15 is 0 Å². The number of hydrogen-bond acceptors (Lipinski definition) is 5. The Hall–Kier alpha value is -2.30. The average molecular weight is 278 g/mol. The fraction of sp³-hybridized carbons (Fsp3) is 0.333. The third kappa shape index (κ3) is 4.12. The number of esters is 1. The Kier molecular flexibility index (Phi) is 5.32. The van der Waals surface area contributed by atoms with Gasteiger partial charge in [0.05, 0.1) is 5.56 Å². The minimum atomic E-state index is -0.568. The van der Waals surface area contributed by atoms with Crippen molar-refractivity contribution in [3.05, 3.63) is 34.9 Å². The third-order valence-corrected chi connectivity index (χ3v) is 2.68. The summed E-state index contributed by atoms with van der Waals surface area (Å²) in [5.41, 5.74) is 1.33. The summed E-state index contributed by atoms with van der Waals surface area (Å²) in [5, 5.41) is 19.8. The molecule has 1 aromatic carbocycles. The minimum absolute atomic E-state index is 0.0289. The maximum absolute atomic E-state index is 11.8. The van der Waals surface area contributed by atoms with Crippen molar-refractivity contribution >= 4 is 11.8 Å². The van der Waals surface area contributed by atoms with Gasteiger partial charge in [0, 0.05) is 12.5 Å². The van der Waals surface area contributed by atoms with Gasteiger partial charge >= 0.3 is 5.97 Å². The van der Waals surface area contributed by atoms with Crippen molar-refractivity contribution in [1.82, 2.24) is 0 Å². The number of phenolic OH excluding ortho intramolecular Hbond substituents is 2. The lowest BCUT2D eigenvalue weighted by Gasteiger charge is -2.10. The molecule has 0 heterocycles. The number of rotatable bonds is 5. The number of aromatic hydroxyl groups is 2. The molecule has 0 fully saturated rings. The molecule has 0 bridgehead atoms. The molecule has 0 aliphatic heterocycles. The quantitative estimate of drug-likeness (QED) is 0.490. The molecule has 5 nitrogen and oxygen atoms in total. The molecule has 0 radical (unpaired) electrons. The fourth-order valence-electron chi connectivity index (χ4n) is 1.60. The Balaban J connectivity index is 3.04. The summed E-state index contributed by atoms with van der Waals surface area (Å²) in [5.74, 6) is -1.44. The van der Waals surface area contributed by atoms with Crippen LogP contribution in [0.15, 0.2) is 23.8 Å². The van der Waals surface area contributed by atoms with Gasteiger partial charge in [-0.15, -0.1) is 0 Å². The first-order chi connectivity index (χ1) is 9.32. The molecule has 5 heteroatoms. The van der Waals surface area contributed by atoms with Gasteiger partial charge in [-0.2, -0.15) is 0 Å². The van der Waals surface area contributed by atoms with Crippen molar-refractivity contribution in [3.63, 3.8) is 0 Å². The van der Waals surface area contributed by atoms with Crippen LogP contribution < -0.4 is 0 Å². The minimum Gasteiger partial charge on any atom is -0.508 e. The molecule has 0 saturated carbocycles. The molecule has 20 heavy (non-hydrogen) atoms. The predicted octanol–water partition coefficient (Wildman–Crippen LogP) is 2.35. The van der Waals surface area contributed by atoms with E-state index in [9.17, 15) is 19.8 Å². The number of carbonyl (C=O) groups is 2. The first-order valence-corrected chi connectivity index (χ1v) is 6.16. The van der Waals surface area contributed by atoms with E-state index in [1.54, 1.807) is 0 Å². The maximum Gasteiger partial charge on any atom is 0.303 e. The van der Waals surface area contributed by atoms with E-state index in [4.69, 9.17) is 0 Å². The summed E-state index contributed by atoms with van der Waals surface area (Å²) in [6.07, 6.45) is 2.14. The highest BCUT2D eigenvalue weighted by atomic mass is 16.5. The molecule has 0 atom stereocenters. The van der Waals surface area contributed by atoms with Crippen LogP contribution in [0.5, 0.6) is 11.5 Å². The monoisotopic (exact) mass is 278 g/mol. The van der Waals surface area contributed by atoms with Gasteiger partial charge in [-0.25, -0.2) is 0 Å². The maximum atomic E-state index is 11.8. The zero-order valence-corrected chi connectivity index (χ0v) is 11.8. The predicted molar refractivity (Wildman–Crippen MR) is 73.9 cm³/mol. The Morgan fingerprint density at radius 2 is 1.85 bits per heavy atom. The summed E-state index contributed by atoms with van der Waals surface area (Å²) in [6, 6.07) is 2.65. The number of carbonyl (C=O) groups excluding carboxylic acids is 2. The average Bonchev–Trinajstić information content (AvgIpc) is 2.35. The van der Waals surface area contributed by atoms with Crippen molar-refractivity contribution in [2.75, 3.05) is 6.61 Å². The topological polar surface area (TPSA) is 83.8 Å². The fourth-order valence-corrected chi connectivity index (χ4v) is 1.60. The van der Waals surface area contributed by atoms with E-state index < -0.39 is 18.4 Å². The lowest BCUT2D eigenvalue weighted by Crippen LogP contribution is -2.12. The second-order valence-electron chi connectivity index (χ2n) is 4.65. The van der Waals surface area contributed by atoms with Gasteiger partial charge in [0.2, 0.25) is 5.78 Å². The van der Waals surface area contributed by atoms with Gasteiger partial charge in [0.25, 0.3) is 0 Å². The third-order valence-electron chi connectivity index (χ3n) is 2.68. The van der Waals surface area contributed by atoms with E-state index in [2.05, 4.69) is 4.74 Å². The number of ketones is 1. The highest BCUT2D eigenvalue weighted by molar-refractivity contribution is 6.00. The first kappa shape index (κ1) is 15.8. The molecule has 0 saturated heterocycles. The van der Waals surface area contributed by atoms with Crippen LogP contribution in [0.25, 0.3) is 0 Å². The van der Waals surface area contributed by atoms with Gasteiger partial charge in [-0.1, -0.05) is 11.6 Å². The van der Waals surface area contributed by atoms with E-state index in [-0.39, 0.29) is 22.6 Å². The SMILES string of the molecule is CC(=O)OCC(=O)c1ccc(O)c(CC=C(C)C)c1O. The van der Waals surface area contributed by atoms with Gasteiger partial charge in [0.1, 0.15) is 11.5 Å². The van der Waals surface area contributed by atoms with Crippen LogP contribution in [0.1, 0.15) is 36.7 Å². The zero-order valence-electron chi connectivity index (χ0n) is 11.8. The van der Waals surface area contributed by atoms with Crippen LogP contribution in [-0.4, -0.2) is 28.6 Å². The number of allylic oxidation sites excluding steroid dienone is 2. The van der Waals surface area contributed by atoms with E-state index in [0.717, 1.165) is 5.57 Å². The molecule has 0 aliphatic carbocycles. The van der Waals surface area contributed by atoms with Gasteiger partial charge in [0.15, 0.2) is 6.61 Å². The van der Waals surface area contributed by atoms with Gasteiger partial charge in [-0.3, -0.25) is 9.59 Å². The molecule has 0 amide bonds. The van der Waals surface area contributed by atoms with E-state index in [0.29, 0.717) is 6.42 Å². The molecular weight excluding hydrogens is 260 g/mol. The number of benzene rings is 1. The Morgan fingerprint density at radius 3 is 2.40 bits per heavy atom. The summed E-state index contributed by atoms with van der Waals surface area (Å²) in [7, 11) is 0. The molecule has 0 aliphatic rings. The lowest BCUT2D eigenvalue weighted by atomic mass is 10.0. The first-order valence-electron chi connectivity index (χ1n) is 6.16. The molecule has 2 N–H and O–H groups in total. The number of Topliss-reactive ketones (excluding diaryl/α,β-unsaturated/α-hetero) is 1. The Labute approximate surface area is 117 Å². The molecule has 0 spiro atoms. The molecule has 1 rings (SSSR count). The second-order valence-corrected chi connectivity index (χ2v) is 4.65. The van der Waals surface area contributed by atoms with Crippen molar-refractivity contribution in [2.45, 2.75) is 27.2 Å². The Bertz CT molecular complexity index is 554. The van der Waals surface area contributed by atoms with Gasteiger partial charge < -0.3 is 14.9 Å². The smallest absolute Gasteiger partial charge is 0.303 e. The molecule has 108 valence electrons. The number of ether oxygens (including phenoxy) is 1. The summed E-state index contributed by atoms with van der Waals surface area (Å²) >= 11 is 0. The summed E-state index contributed by atoms with van der Waals surface area (Å²) in [4.78, 5) is 22.5. The second kappa shape index (κ2) is 6.75. The van der Waals surface area contributed by atoms with Crippen molar-refractivity contribution in [1.29, 1.82) is 0 Å². The molecule has 0 unspecified atom stereocenters. The molecule has 1 aromatic rings. The lowest BCUT2D eigenvalue weighted by molar-refractivity contribution is -0.139. The van der Waals surface area contributed by atoms with E-state index in [1.807, 2.05) is 19.9 Å². The molecule has 0 aromatic heterocycles. The standard InChI is InChI=1S/C15H18O5/c1-9(2)4-5-11-13(17)7-6-12(15(11)19)14(18)8-20-10(3)16/h4,6-7,17,19H,5,8H2,1-3H3. The Morgan fingerprint density at radius 1 is 1.20 bits per heavy atom. The van der Waals surface area contributed by atoms with Crippen LogP contribution >= 0.6 is 0 Å². The van der Waals surface area contributed by atoms with Crippen LogP contribution in [0.2, 0.25) is 0 Å². The van der Waals surface area contributed by atoms with Crippen molar-refractivity contribution < 1.29 is 24.5 Å². The van der Waals surface area contributed by atoms with Crippen LogP contribution in [0.4, 0.5) is 0 Å². The largest absolute Gasteiger partial charge is 0.508 e. The summed E-state index contributed by atoms with van der Waals surface area (Å²) in [6.45, 7) is 4.55. The van der Waals surface area contributed by atoms with Gasteiger partial charge in [-0.05, 0) is 32.4 Å². The highest BCUT2D eigenvalue weighted by Gasteiger charge is 2.17. The zero-order chi connectivity index (χ0) is 15.3.